The maximum Gasteiger partial charge on any atom is 0.275 e. The Morgan fingerprint density at radius 1 is 1.04 bits per heavy atom. The van der Waals surface area contributed by atoms with Crippen LogP contribution in [0.3, 0.4) is 0 Å². The largest absolute Gasteiger partial charge is 0.493 e. The van der Waals surface area contributed by atoms with Crippen molar-refractivity contribution in [2.75, 3.05) is 27.8 Å². The molecule has 0 aromatic heterocycles. The number of likely N-dealkylation sites (N-methyl/N-ethyl adjacent to an activating group) is 1. The Labute approximate surface area is 157 Å². The fourth-order valence-electron chi connectivity index (χ4n) is 2.54. The number of halogens is 1. The molecule has 1 atom stereocenters. The van der Waals surface area contributed by atoms with Gasteiger partial charge in [0.1, 0.15) is 6.54 Å². The SMILES string of the molecule is COc1ccc(CNC(=O)C[NH+](C)Cc2ccc(Br)cc2)cc1OC. The van der Waals surface area contributed by atoms with Gasteiger partial charge in [-0.15, -0.1) is 0 Å². The number of benzene rings is 2. The van der Waals surface area contributed by atoms with E-state index in [9.17, 15) is 4.79 Å². The van der Waals surface area contributed by atoms with Crippen molar-refractivity contribution in [2.45, 2.75) is 13.1 Å². The smallest absolute Gasteiger partial charge is 0.275 e. The third-order valence-electron chi connectivity index (χ3n) is 3.82. The molecule has 1 amide bonds. The predicted molar refractivity (Wildman–Crippen MR) is 101 cm³/mol. The molecule has 0 saturated heterocycles. The first-order valence-electron chi connectivity index (χ1n) is 8.05. The number of quaternary nitrogens is 1. The molecule has 0 aliphatic heterocycles. The van der Waals surface area contributed by atoms with Crippen molar-refractivity contribution in [3.63, 3.8) is 0 Å². The van der Waals surface area contributed by atoms with Gasteiger partial charge in [0.15, 0.2) is 18.0 Å². The molecule has 2 N–H and O–H groups in total. The number of carbonyl (C=O) groups excluding carboxylic acids is 1. The zero-order chi connectivity index (χ0) is 18.2. The third kappa shape index (κ3) is 6.07. The van der Waals surface area contributed by atoms with Crippen LogP contribution in [0.2, 0.25) is 0 Å². The first kappa shape index (κ1) is 19.3. The monoisotopic (exact) mass is 407 g/mol. The standard InChI is InChI=1S/C19H23BrN2O3/c1-22(12-14-4-7-16(20)8-5-14)13-19(23)21-11-15-6-9-17(24-2)18(10-15)25-3/h4-10H,11-13H2,1-3H3,(H,21,23)/p+1. The molecular weight excluding hydrogens is 384 g/mol. The van der Waals surface area contributed by atoms with E-state index in [-0.39, 0.29) is 5.91 Å². The quantitative estimate of drug-likeness (QED) is 0.701. The molecule has 0 spiro atoms. The van der Waals surface area contributed by atoms with Crippen LogP contribution in [0.5, 0.6) is 11.5 Å². The van der Waals surface area contributed by atoms with Gasteiger partial charge in [-0.25, -0.2) is 0 Å². The Morgan fingerprint density at radius 3 is 2.32 bits per heavy atom. The van der Waals surface area contributed by atoms with E-state index < -0.39 is 0 Å². The molecule has 0 aliphatic carbocycles. The van der Waals surface area contributed by atoms with Gasteiger partial charge in [-0.2, -0.15) is 0 Å². The molecule has 2 rings (SSSR count). The molecule has 0 bridgehead atoms. The highest BCUT2D eigenvalue weighted by Crippen LogP contribution is 2.27. The lowest BCUT2D eigenvalue weighted by Gasteiger charge is -2.14. The van der Waals surface area contributed by atoms with Gasteiger partial charge in [0.2, 0.25) is 0 Å². The molecule has 6 heteroatoms. The predicted octanol–water partition coefficient (Wildman–Crippen LogP) is 1.80. The van der Waals surface area contributed by atoms with Gasteiger partial charge in [0.05, 0.1) is 21.3 Å². The molecule has 0 aliphatic rings. The summed E-state index contributed by atoms with van der Waals surface area (Å²) in [6.07, 6.45) is 0. The van der Waals surface area contributed by atoms with E-state index in [1.165, 1.54) is 5.56 Å². The van der Waals surface area contributed by atoms with Crippen molar-refractivity contribution in [3.8, 4) is 11.5 Å². The first-order chi connectivity index (χ1) is 12.0. The second-order valence-electron chi connectivity index (χ2n) is 5.90. The fraction of sp³-hybridized carbons (Fsp3) is 0.316. The van der Waals surface area contributed by atoms with Gasteiger partial charge in [0, 0.05) is 16.6 Å². The zero-order valence-electron chi connectivity index (χ0n) is 14.8. The van der Waals surface area contributed by atoms with E-state index in [1.807, 2.05) is 37.4 Å². The summed E-state index contributed by atoms with van der Waals surface area (Å²) >= 11 is 3.43. The average Bonchev–Trinajstić information content (AvgIpc) is 2.61. The van der Waals surface area contributed by atoms with Crippen molar-refractivity contribution < 1.29 is 19.2 Å². The molecule has 0 radical (unpaired) electrons. The van der Waals surface area contributed by atoms with Crippen molar-refractivity contribution in [3.05, 3.63) is 58.1 Å². The normalized spacial score (nSPS) is 11.7. The molecular formula is C19H24BrN2O3+. The van der Waals surface area contributed by atoms with E-state index in [1.54, 1.807) is 14.2 Å². The number of ether oxygens (including phenoxy) is 2. The minimum atomic E-state index is 0.0180. The second-order valence-corrected chi connectivity index (χ2v) is 6.82. The number of methoxy groups -OCH3 is 2. The van der Waals surface area contributed by atoms with Crippen molar-refractivity contribution >= 4 is 21.8 Å². The zero-order valence-corrected chi connectivity index (χ0v) is 16.4. The minimum absolute atomic E-state index is 0.0180. The van der Waals surface area contributed by atoms with Crippen LogP contribution < -0.4 is 19.7 Å². The maximum absolute atomic E-state index is 12.2. The summed E-state index contributed by atoms with van der Waals surface area (Å²) in [5.41, 5.74) is 2.17. The van der Waals surface area contributed by atoms with Crippen LogP contribution in [0.1, 0.15) is 11.1 Å². The molecule has 25 heavy (non-hydrogen) atoms. The van der Waals surface area contributed by atoms with Gasteiger partial charge < -0.3 is 19.7 Å². The molecule has 0 saturated carbocycles. The highest BCUT2D eigenvalue weighted by atomic mass is 79.9. The van der Waals surface area contributed by atoms with Gasteiger partial charge >= 0.3 is 0 Å². The molecule has 134 valence electrons. The van der Waals surface area contributed by atoms with Crippen LogP contribution in [0.4, 0.5) is 0 Å². The van der Waals surface area contributed by atoms with Gasteiger partial charge in [0.25, 0.3) is 5.91 Å². The summed E-state index contributed by atoms with van der Waals surface area (Å²) in [4.78, 5) is 13.3. The number of amides is 1. The van der Waals surface area contributed by atoms with Gasteiger partial charge in [-0.1, -0.05) is 34.1 Å². The van der Waals surface area contributed by atoms with Crippen LogP contribution >= 0.6 is 15.9 Å². The van der Waals surface area contributed by atoms with E-state index in [4.69, 9.17) is 9.47 Å². The Balaban J connectivity index is 1.82. The lowest BCUT2D eigenvalue weighted by atomic mass is 10.2. The summed E-state index contributed by atoms with van der Waals surface area (Å²) in [5.74, 6) is 1.35. The molecule has 0 fully saturated rings. The third-order valence-corrected chi connectivity index (χ3v) is 4.35. The summed E-state index contributed by atoms with van der Waals surface area (Å²) in [6, 6.07) is 13.8. The molecule has 2 aromatic carbocycles. The topological polar surface area (TPSA) is 52.0 Å². The van der Waals surface area contributed by atoms with Crippen LogP contribution in [0.25, 0.3) is 0 Å². The average molecular weight is 408 g/mol. The first-order valence-corrected chi connectivity index (χ1v) is 8.84. The molecule has 5 nitrogen and oxygen atoms in total. The Kier molecular flexibility index (Phi) is 7.28. The Bertz CT molecular complexity index is 704. The fourth-order valence-corrected chi connectivity index (χ4v) is 2.81. The molecule has 2 aromatic rings. The van der Waals surface area contributed by atoms with E-state index in [0.717, 1.165) is 21.5 Å². The number of hydrogen-bond donors (Lipinski definition) is 2. The minimum Gasteiger partial charge on any atom is -0.493 e. The van der Waals surface area contributed by atoms with E-state index in [0.29, 0.717) is 24.6 Å². The number of carbonyl (C=O) groups is 1. The summed E-state index contributed by atoms with van der Waals surface area (Å²) in [7, 11) is 5.21. The second kappa shape index (κ2) is 9.44. The number of rotatable bonds is 8. The summed E-state index contributed by atoms with van der Waals surface area (Å²) < 4.78 is 11.5. The van der Waals surface area contributed by atoms with Crippen LogP contribution in [0, 0.1) is 0 Å². The van der Waals surface area contributed by atoms with Crippen molar-refractivity contribution in [2.24, 2.45) is 0 Å². The lowest BCUT2D eigenvalue weighted by molar-refractivity contribution is -0.885. The highest BCUT2D eigenvalue weighted by molar-refractivity contribution is 9.10. The van der Waals surface area contributed by atoms with E-state index >= 15 is 0 Å². The van der Waals surface area contributed by atoms with Crippen molar-refractivity contribution in [1.29, 1.82) is 0 Å². The maximum atomic E-state index is 12.2. The van der Waals surface area contributed by atoms with E-state index in [2.05, 4.69) is 33.4 Å². The van der Waals surface area contributed by atoms with Crippen LogP contribution in [0.15, 0.2) is 46.9 Å². The Morgan fingerprint density at radius 2 is 1.68 bits per heavy atom. The van der Waals surface area contributed by atoms with Crippen molar-refractivity contribution in [1.82, 2.24) is 5.32 Å². The lowest BCUT2D eigenvalue weighted by Crippen LogP contribution is -3.08. The molecule has 1 unspecified atom stereocenters. The van der Waals surface area contributed by atoms with Crippen LogP contribution in [-0.4, -0.2) is 33.7 Å². The van der Waals surface area contributed by atoms with Crippen LogP contribution in [-0.2, 0) is 17.9 Å². The Hall–Kier alpha value is -2.05. The summed E-state index contributed by atoms with van der Waals surface area (Å²) in [6.45, 7) is 1.69. The number of hydrogen-bond acceptors (Lipinski definition) is 3. The van der Waals surface area contributed by atoms with Gasteiger partial charge in [-0.05, 0) is 29.8 Å². The summed E-state index contributed by atoms with van der Waals surface area (Å²) in [5, 5.41) is 2.95. The molecule has 0 heterocycles. The van der Waals surface area contributed by atoms with Gasteiger partial charge in [-0.3, -0.25) is 4.79 Å². The number of nitrogens with one attached hydrogen (secondary N) is 2. The highest BCUT2D eigenvalue weighted by Gasteiger charge is 2.11.